The average Bonchev–Trinajstić information content (AvgIpc) is 2.92. The molecule has 130 valence electrons. The van der Waals surface area contributed by atoms with E-state index in [1.54, 1.807) is 12.1 Å². The maximum absolute atomic E-state index is 13.0. The lowest BCUT2D eigenvalue weighted by Crippen LogP contribution is -2.36. The molecular formula is C21H22FNO2. The fraction of sp³-hybridized carbons (Fsp3) is 0.381. The van der Waals surface area contributed by atoms with Gasteiger partial charge in [-0.1, -0.05) is 42.8 Å². The lowest BCUT2D eigenvalue weighted by molar-refractivity contribution is 0.0260. The predicted molar refractivity (Wildman–Crippen MR) is 94.5 cm³/mol. The van der Waals surface area contributed by atoms with E-state index < -0.39 is 0 Å². The third-order valence-electron chi connectivity index (χ3n) is 5.31. The quantitative estimate of drug-likeness (QED) is 0.774. The highest BCUT2D eigenvalue weighted by Gasteiger charge is 2.45. The summed E-state index contributed by atoms with van der Waals surface area (Å²) in [6.07, 6.45) is 5.31. The van der Waals surface area contributed by atoms with Gasteiger partial charge in [0, 0.05) is 6.54 Å². The first-order valence-corrected chi connectivity index (χ1v) is 8.96. The van der Waals surface area contributed by atoms with Crippen molar-refractivity contribution in [3.63, 3.8) is 0 Å². The summed E-state index contributed by atoms with van der Waals surface area (Å²) in [4.78, 5) is 14.1. The van der Waals surface area contributed by atoms with Gasteiger partial charge in [-0.05, 0) is 54.5 Å². The predicted octanol–water partition coefficient (Wildman–Crippen LogP) is 5.15. The molecule has 2 aromatic rings. The molecule has 1 spiro atoms. The van der Waals surface area contributed by atoms with Gasteiger partial charge in [-0.15, -0.1) is 0 Å². The van der Waals surface area contributed by atoms with Gasteiger partial charge in [-0.3, -0.25) is 4.90 Å². The highest BCUT2D eigenvalue weighted by Crippen LogP contribution is 2.37. The van der Waals surface area contributed by atoms with Crippen molar-refractivity contribution < 1.29 is 13.9 Å². The highest BCUT2D eigenvalue weighted by molar-refractivity contribution is 5.71. The largest absolute Gasteiger partial charge is 0.441 e. The minimum atomic E-state index is -0.247. The van der Waals surface area contributed by atoms with Gasteiger partial charge in [-0.25, -0.2) is 9.18 Å². The van der Waals surface area contributed by atoms with Crippen molar-refractivity contribution in [3.8, 4) is 11.1 Å². The first-order chi connectivity index (χ1) is 12.1. The van der Waals surface area contributed by atoms with Gasteiger partial charge in [0.25, 0.3) is 0 Å². The van der Waals surface area contributed by atoms with E-state index in [2.05, 4.69) is 0 Å². The molecule has 4 rings (SSSR count). The Kier molecular flexibility index (Phi) is 4.20. The van der Waals surface area contributed by atoms with Crippen LogP contribution >= 0.6 is 0 Å². The molecule has 1 aliphatic heterocycles. The van der Waals surface area contributed by atoms with Crippen LogP contribution in [0.4, 0.5) is 9.18 Å². The van der Waals surface area contributed by atoms with Gasteiger partial charge in [0.1, 0.15) is 11.4 Å². The van der Waals surface area contributed by atoms with Crippen molar-refractivity contribution in [2.45, 2.75) is 44.2 Å². The highest BCUT2D eigenvalue weighted by atomic mass is 19.1. The number of rotatable bonds is 3. The average molecular weight is 339 g/mol. The number of halogens is 1. The molecule has 1 aliphatic carbocycles. The molecule has 2 fully saturated rings. The molecule has 0 N–H and O–H groups in total. The molecule has 3 nitrogen and oxygen atoms in total. The van der Waals surface area contributed by atoms with Gasteiger partial charge in [0.05, 0.1) is 6.54 Å². The smallest absolute Gasteiger partial charge is 0.410 e. The topological polar surface area (TPSA) is 29.5 Å². The Balaban J connectivity index is 1.44. The first kappa shape index (κ1) is 16.1. The molecule has 0 bridgehead atoms. The maximum atomic E-state index is 13.0. The van der Waals surface area contributed by atoms with E-state index in [-0.39, 0.29) is 17.5 Å². The van der Waals surface area contributed by atoms with Crippen molar-refractivity contribution in [3.05, 3.63) is 59.9 Å². The maximum Gasteiger partial charge on any atom is 0.410 e. The SMILES string of the molecule is O=C1OC2(CCCCC2)CN1Cc1ccc(-c2ccc(F)cc2)cc1. The van der Waals surface area contributed by atoms with Crippen LogP contribution < -0.4 is 0 Å². The van der Waals surface area contributed by atoms with Crippen LogP contribution in [0, 0.1) is 5.82 Å². The zero-order valence-electron chi connectivity index (χ0n) is 14.2. The Bertz CT molecular complexity index is 748. The molecule has 2 aliphatic rings. The number of hydrogen-bond donors (Lipinski definition) is 0. The van der Waals surface area contributed by atoms with E-state index in [0.29, 0.717) is 13.1 Å². The number of ether oxygens (including phenoxy) is 1. The Morgan fingerprint density at radius 3 is 2.16 bits per heavy atom. The number of carbonyl (C=O) groups is 1. The van der Waals surface area contributed by atoms with Gasteiger partial charge in [-0.2, -0.15) is 0 Å². The van der Waals surface area contributed by atoms with E-state index in [0.717, 1.165) is 42.4 Å². The minimum absolute atomic E-state index is 0.190. The zero-order valence-corrected chi connectivity index (χ0v) is 14.2. The van der Waals surface area contributed by atoms with E-state index >= 15 is 0 Å². The van der Waals surface area contributed by atoms with Crippen LogP contribution in [0.25, 0.3) is 11.1 Å². The molecule has 4 heteroatoms. The lowest BCUT2D eigenvalue weighted by Gasteiger charge is -2.30. The number of carbonyl (C=O) groups excluding carboxylic acids is 1. The van der Waals surface area contributed by atoms with Gasteiger partial charge >= 0.3 is 6.09 Å². The molecule has 1 heterocycles. The second kappa shape index (κ2) is 6.51. The van der Waals surface area contributed by atoms with E-state index in [1.807, 2.05) is 29.2 Å². The number of amides is 1. The van der Waals surface area contributed by atoms with Crippen molar-refractivity contribution in [2.24, 2.45) is 0 Å². The first-order valence-electron chi connectivity index (χ1n) is 8.96. The van der Waals surface area contributed by atoms with Crippen LogP contribution in [0.3, 0.4) is 0 Å². The van der Waals surface area contributed by atoms with Gasteiger partial charge in [0.15, 0.2) is 0 Å². The fourth-order valence-electron chi connectivity index (χ4n) is 3.94. The summed E-state index contributed by atoms with van der Waals surface area (Å²) in [6.45, 7) is 1.27. The summed E-state index contributed by atoms with van der Waals surface area (Å²) >= 11 is 0. The Hall–Kier alpha value is -2.36. The number of hydrogen-bond acceptors (Lipinski definition) is 2. The van der Waals surface area contributed by atoms with Crippen molar-refractivity contribution in [1.82, 2.24) is 4.90 Å². The third-order valence-corrected chi connectivity index (χ3v) is 5.31. The second-order valence-corrected chi connectivity index (χ2v) is 7.17. The summed E-state index contributed by atoms with van der Waals surface area (Å²) < 4.78 is 18.8. The Morgan fingerprint density at radius 1 is 0.920 bits per heavy atom. The number of benzene rings is 2. The van der Waals surface area contributed by atoms with Crippen LogP contribution in [0.2, 0.25) is 0 Å². The molecule has 25 heavy (non-hydrogen) atoms. The van der Waals surface area contributed by atoms with Gasteiger partial charge < -0.3 is 4.74 Å². The molecule has 1 saturated heterocycles. The molecule has 1 amide bonds. The normalized spacial score (nSPS) is 19.2. The van der Waals surface area contributed by atoms with Crippen LogP contribution in [0.15, 0.2) is 48.5 Å². The molecule has 0 atom stereocenters. The van der Waals surface area contributed by atoms with Crippen LogP contribution in [-0.2, 0) is 11.3 Å². The summed E-state index contributed by atoms with van der Waals surface area (Å²) in [5.41, 5.74) is 2.85. The monoisotopic (exact) mass is 339 g/mol. The zero-order chi connectivity index (χ0) is 17.3. The lowest BCUT2D eigenvalue weighted by atomic mass is 9.85. The van der Waals surface area contributed by atoms with Crippen LogP contribution in [-0.4, -0.2) is 23.1 Å². The summed E-state index contributed by atoms with van der Waals surface area (Å²) in [5, 5.41) is 0. The Morgan fingerprint density at radius 2 is 1.52 bits per heavy atom. The van der Waals surface area contributed by atoms with E-state index in [1.165, 1.54) is 18.6 Å². The van der Waals surface area contributed by atoms with Crippen LogP contribution in [0.5, 0.6) is 0 Å². The Labute approximate surface area is 147 Å². The summed E-state index contributed by atoms with van der Waals surface area (Å²) in [6, 6.07) is 14.6. The molecule has 0 aromatic heterocycles. The molecular weight excluding hydrogens is 317 g/mol. The van der Waals surface area contributed by atoms with Crippen LogP contribution in [0.1, 0.15) is 37.7 Å². The summed E-state index contributed by atoms with van der Waals surface area (Å²) in [5.74, 6) is -0.232. The standard InChI is InChI=1S/C21H22FNO2/c22-19-10-8-18(9-11-19)17-6-4-16(5-7-17)14-23-15-21(25-20(23)24)12-2-1-3-13-21/h4-11H,1-3,12-15H2. The van der Waals surface area contributed by atoms with E-state index in [4.69, 9.17) is 4.74 Å². The second-order valence-electron chi connectivity index (χ2n) is 7.17. The number of nitrogens with zero attached hydrogens (tertiary/aromatic N) is 1. The molecule has 0 radical (unpaired) electrons. The minimum Gasteiger partial charge on any atom is -0.441 e. The van der Waals surface area contributed by atoms with E-state index in [9.17, 15) is 9.18 Å². The van der Waals surface area contributed by atoms with Crippen molar-refractivity contribution in [1.29, 1.82) is 0 Å². The van der Waals surface area contributed by atoms with Crippen molar-refractivity contribution in [2.75, 3.05) is 6.54 Å². The third kappa shape index (κ3) is 3.39. The van der Waals surface area contributed by atoms with Gasteiger partial charge in [0.2, 0.25) is 0 Å². The summed E-state index contributed by atoms with van der Waals surface area (Å²) in [7, 11) is 0. The molecule has 0 unspecified atom stereocenters. The van der Waals surface area contributed by atoms with Crippen molar-refractivity contribution >= 4 is 6.09 Å². The molecule has 2 aromatic carbocycles. The molecule has 1 saturated carbocycles. The fourth-order valence-corrected chi connectivity index (χ4v) is 3.94.